The highest BCUT2D eigenvalue weighted by Crippen LogP contribution is 2.53. The number of amides is 3. The molecule has 200 valence electrons. The van der Waals surface area contributed by atoms with Crippen LogP contribution in [0.15, 0.2) is 48.6 Å². The highest BCUT2D eigenvalue weighted by atomic mass is 16.5. The molecule has 1 aromatic heterocycles. The monoisotopic (exact) mass is 520 g/mol. The van der Waals surface area contributed by atoms with E-state index in [1.54, 1.807) is 26.4 Å². The predicted molar refractivity (Wildman–Crippen MR) is 136 cm³/mol. The lowest BCUT2D eigenvalue weighted by Gasteiger charge is -2.35. The van der Waals surface area contributed by atoms with Crippen LogP contribution in [0.3, 0.4) is 0 Å². The Morgan fingerprint density at radius 3 is 2.74 bits per heavy atom. The number of carbonyl (C=O) groups excluding carboxylic acids is 3. The number of para-hydroxylation sites is 1. The van der Waals surface area contributed by atoms with Crippen LogP contribution in [0.4, 0.5) is 0 Å². The van der Waals surface area contributed by atoms with E-state index in [2.05, 4.69) is 10.3 Å². The van der Waals surface area contributed by atoms with E-state index >= 15 is 0 Å². The standard InChI is InChI=1S/C27H32N6O5/c1-30-13-7-11-20-21(24(30)35)22-25(36)32(15-5-2-6-16-34)23-26(37)31(14-8-12-27(22,23)38-20)17-33-19-10-4-3-9-18(19)28-29-33/h3-4,7-12,20-23,34H,2,5-6,13-17H2,1H3/t20-,21+,22+,23?,27+/m1/s1. The minimum atomic E-state index is -1.24. The van der Waals surface area contributed by atoms with Crippen LogP contribution in [-0.2, 0) is 25.8 Å². The molecule has 0 bridgehead atoms. The summed E-state index contributed by atoms with van der Waals surface area (Å²) in [4.78, 5) is 46.7. The molecule has 2 aromatic rings. The molecular formula is C27H32N6O5. The number of aromatic nitrogens is 3. The Bertz CT molecular complexity index is 1320. The second-order valence-corrected chi connectivity index (χ2v) is 10.5. The Hall–Kier alpha value is -3.57. The normalized spacial score (nSPS) is 30.6. The molecule has 5 atom stereocenters. The van der Waals surface area contributed by atoms with Crippen molar-refractivity contribution in [3.63, 3.8) is 0 Å². The number of likely N-dealkylation sites (tertiary alicyclic amines) is 1. The number of benzene rings is 1. The summed E-state index contributed by atoms with van der Waals surface area (Å²) in [6.45, 7) is 1.36. The Labute approximate surface area is 220 Å². The van der Waals surface area contributed by atoms with E-state index < -0.39 is 29.6 Å². The Kier molecular flexibility index (Phi) is 6.27. The summed E-state index contributed by atoms with van der Waals surface area (Å²) >= 11 is 0. The molecule has 4 aliphatic rings. The minimum absolute atomic E-state index is 0.0747. The van der Waals surface area contributed by atoms with Gasteiger partial charge in [-0.15, -0.1) is 5.10 Å². The molecule has 1 N–H and O–H groups in total. The van der Waals surface area contributed by atoms with E-state index in [4.69, 9.17) is 4.74 Å². The van der Waals surface area contributed by atoms with Gasteiger partial charge in [0.1, 0.15) is 23.8 Å². The van der Waals surface area contributed by atoms with Gasteiger partial charge in [0.2, 0.25) is 11.8 Å². The van der Waals surface area contributed by atoms with Gasteiger partial charge in [-0.25, -0.2) is 4.68 Å². The molecule has 11 heteroatoms. The van der Waals surface area contributed by atoms with E-state index in [0.717, 1.165) is 17.5 Å². The first-order chi connectivity index (χ1) is 18.5. The molecule has 2 saturated heterocycles. The maximum Gasteiger partial charge on any atom is 0.250 e. The number of carbonyl (C=O) groups is 3. The van der Waals surface area contributed by atoms with Gasteiger partial charge >= 0.3 is 0 Å². The quantitative estimate of drug-likeness (QED) is 0.418. The summed E-state index contributed by atoms with van der Waals surface area (Å²) in [7, 11) is 1.72. The van der Waals surface area contributed by atoms with Gasteiger partial charge in [-0.05, 0) is 31.4 Å². The molecule has 0 radical (unpaired) electrons. The van der Waals surface area contributed by atoms with Gasteiger partial charge in [-0.3, -0.25) is 14.4 Å². The maximum absolute atomic E-state index is 14.3. The number of aliphatic hydroxyl groups is 1. The molecule has 4 aliphatic heterocycles. The lowest BCUT2D eigenvalue weighted by atomic mass is 9.77. The highest BCUT2D eigenvalue weighted by molar-refractivity contribution is 5.99. The first kappa shape index (κ1) is 24.7. The Morgan fingerprint density at radius 1 is 1.05 bits per heavy atom. The molecule has 5 heterocycles. The summed E-state index contributed by atoms with van der Waals surface area (Å²) in [5, 5.41) is 17.7. The fourth-order valence-corrected chi connectivity index (χ4v) is 6.43. The zero-order valence-corrected chi connectivity index (χ0v) is 21.3. The Balaban J connectivity index is 1.37. The van der Waals surface area contributed by atoms with Crippen molar-refractivity contribution < 1.29 is 24.2 Å². The van der Waals surface area contributed by atoms with Crippen molar-refractivity contribution in [1.82, 2.24) is 29.7 Å². The van der Waals surface area contributed by atoms with Crippen LogP contribution in [0.1, 0.15) is 19.3 Å². The highest BCUT2D eigenvalue weighted by Gasteiger charge is 2.71. The van der Waals surface area contributed by atoms with E-state index in [1.807, 2.05) is 48.6 Å². The number of fused-ring (bicyclic) bond motifs is 3. The third kappa shape index (κ3) is 3.75. The third-order valence-corrected chi connectivity index (χ3v) is 8.23. The van der Waals surface area contributed by atoms with Crippen LogP contribution in [0, 0.1) is 11.8 Å². The minimum Gasteiger partial charge on any atom is -0.396 e. The van der Waals surface area contributed by atoms with Crippen molar-refractivity contribution in [1.29, 1.82) is 0 Å². The van der Waals surface area contributed by atoms with E-state index in [0.29, 0.717) is 32.5 Å². The third-order valence-electron chi connectivity index (χ3n) is 8.23. The molecule has 2 fully saturated rings. The molecule has 6 rings (SSSR count). The van der Waals surface area contributed by atoms with Crippen molar-refractivity contribution in [2.45, 2.75) is 43.7 Å². The van der Waals surface area contributed by atoms with Gasteiger partial charge in [0.05, 0.1) is 23.5 Å². The van der Waals surface area contributed by atoms with Gasteiger partial charge in [-0.2, -0.15) is 0 Å². The molecule has 1 spiro atoms. The fourth-order valence-electron chi connectivity index (χ4n) is 6.43. The largest absolute Gasteiger partial charge is 0.396 e. The van der Waals surface area contributed by atoms with Crippen molar-refractivity contribution in [2.75, 3.05) is 33.3 Å². The molecule has 0 saturated carbocycles. The van der Waals surface area contributed by atoms with Crippen LogP contribution >= 0.6 is 0 Å². The molecule has 38 heavy (non-hydrogen) atoms. The predicted octanol–water partition coefficient (Wildman–Crippen LogP) is 0.559. The van der Waals surface area contributed by atoms with Crippen LogP contribution in [0.2, 0.25) is 0 Å². The summed E-state index contributed by atoms with van der Waals surface area (Å²) in [5.41, 5.74) is 0.303. The average molecular weight is 521 g/mol. The summed E-state index contributed by atoms with van der Waals surface area (Å²) < 4.78 is 8.29. The van der Waals surface area contributed by atoms with Crippen molar-refractivity contribution in [3.05, 3.63) is 48.6 Å². The number of nitrogens with zero attached hydrogens (tertiary/aromatic N) is 6. The SMILES string of the molecule is CN1CC=C[C@H]2O[C@]34C=CCN(Cn5nnc6ccccc65)C(=O)C3N(CCCCCO)C(=O)[C@@H]4[C@H]2C1=O. The van der Waals surface area contributed by atoms with Gasteiger partial charge in [0, 0.05) is 33.3 Å². The molecular weight excluding hydrogens is 488 g/mol. The van der Waals surface area contributed by atoms with Crippen LogP contribution < -0.4 is 0 Å². The average Bonchev–Trinajstić information content (AvgIpc) is 3.47. The second kappa shape index (κ2) is 9.63. The number of aliphatic hydroxyl groups excluding tert-OH is 1. The van der Waals surface area contributed by atoms with E-state index in [-0.39, 0.29) is 31.0 Å². The smallest absolute Gasteiger partial charge is 0.250 e. The topological polar surface area (TPSA) is 121 Å². The first-order valence-corrected chi connectivity index (χ1v) is 13.2. The molecule has 0 aliphatic carbocycles. The summed E-state index contributed by atoms with van der Waals surface area (Å²) in [5.74, 6) is -2.10. The lowest BCUT2D eigenvalue weighted by Crippen LogP contribution is -2.55. The first-order valence-electron chi connectivity index (χ1n) is 13.2. The second-order valence-electron chi connectivity index (χ2n) is 10.5. The lowest BCUT2D eigenvalue weighted by molar-refractivity contribution is -0.149. The number of rotatable bonds is 7. The zero-order valence-electron chi connectivity index (χ0n) is 21.3. The van der Waals surface area contributed by atoms with Crippen LogP contribution in [0.25, 0.3) is 11.0 Å². The van der Waals surface area contributed by atoms with Gasteiger partial charge < -0.3 is 24.5 Å². The fraction of sp³-hybridized carbons (Fsp3) is 0.519. The number of unbranched alkanes of at least 4 members (excludes halogenated alkanes) is 2. The molecule has 11 nitrogen and oxygen atoms in total. The number of hydrogen-bond acceptors (Lipinski definition) is 7. The van der Waals surface area contributed by atoms with Crippen molar-refractivity contribution in [3.8, 4) is 0 Å². The Morgan fingerprint density at radius 2 is 1.89 bits per heavy atom. The molecule has 1 unspecified atom stereocenters. The summed E-state index contributed by atoms with van der Waals surface area (Å²) in [6, 6.07) is 6.65. The van der Waals surface area contributed by atoms with Crippen molar-refractivity contribution >= 4 is 28.8 Å². The van der Waals surface area contributed by atoms with Gasteiger partial charge in [0.25, 0.3) is 5.91 Å². The number of likely N-dealkylation sites (N-methyl/N-ethyl adjacent to an activating group) is 1. The maximum atomic E-state index is 14.3. The number of hydrogen-bond donors (Lipinski definition) is 1. The van der Waals surface area contributed by atoms with E-state index in [1.165, 1.54) is 0 Å². The van der Waals surface area contributed by atoms with Gasteiger partial charge in [0.15, 0.2) is 0 Å². The summed E-state index contributed by atoms with van der Waals surface area (Å²) in [6.07, 6.45) is 8.86. The molecule has 3 amide bonds. The van der Waals surface area contributed by atoms with E-state index in [9.17, 15) is 19.5 Å². The number of ether oxygens (including phenoxy) is 1. The van der Waals surface area contributed by atoms with Gasteiger partial charge in [-0.1, -0.05) is 41.7 Å². The van der Waals surface area contributed by atoms with Crippen LogP contribution in [0.5, 0.6) is 0 Å². The van der Waals surface area contributed by atoms with Crippen molar-refractivity contribution in [2.24, 2.45) is 11.8 Å². The van der Waals surface area contributed by atoms with Crippen LogP contribution in [-0.4, -0.2) is 104 Å². The molecule has 1 aromatic carbocycles. The zero-order chi connectivity index (χ0) is 26.4.